The molecule has 0 aromatic rings. The summed E-state index contributed by atoms with van der Waals surface area (Å²) < 4.78 is 36.7. The first-order valence-electron chi connectivity index (χ1n) is 6.21. The Bertz CT molecular complexity index is 404. The zero-order valence-corrected chi connectivity index (χ0v) is 11.8. The molecule has 7 heteroatoms. The molecule has 1 unspecified atom stereocenters. The fourth-order valence-electron chi connectivity index (χ4n) is 1.78. The molecule has 1 aliphatic heterocycles. The fraction of sp³-hybridized carbons (Fsp3) is 0.692. The van der Waals surface area contributed by atoms with Crippen molar-refractivity contribution >= 4 is 12.1 Å². The Morgan fingerprint density at radius 1 is 1.45 bits per heavy atom. The molecular weight excluding hydrogens is 272 g/mol. The number of likely N-dealkylation sites (tertiary alicyclic amines) is 1. The van der Waals surface area contributed by atoms with Gasteiger partial charge in [0.1, 0.15) is 18.2 Å². The van der Waals surface area contributed by atoms with E-state index in [1.54, 1.807) is 20.8 Å². The minimum atomic E-state index is -3.13. The van der Waals surface area contributed by atoms with Crippen LogP contribution in [0, 0.1) is 0 Å². The molecule has 0 radical (unpaired) electrons. The molecule has 1 saturated heterocycles. The highest BCUT2D eigenvalue weighted by molar-refractivity contribution is 5.82. The first-order valence-corrected chi connectivity index (χ1v) is 6.21. The van der Waals surface area contributed by atoms with E-state index in [4.69, 9.17) is 9.47 Å². The Labute approximate surface area is 116 Å². The molecule has 1 fully saturated rings. The average molecular weight is 291 g/mol. The van der Waals surface area contributed by atoms with Gasteiger partial charge in [-0.05, 0) is 20.8 Å². The lowest BCUT2D eigenvalue weighted by molar-refractivity contribution is -0.147. The van der Waals surface area contributed by atoms with Crippen molar-refractivity contribution in [3.63, 3.8) is 0 Å². The van der Waals surface area contributed by atoms with Crippen LogP contribution in [-0.4, -0.2) is 47.7 Å². The molecule has 1 atom stereocenters. The van der Waals surface area contributed by atoms with Crippen molar-refractivity contribution in [3.05, 3.63) is 12.7 Å². The largest absolute Gasteiger partial charge is 0.460 e. The van der Waals surface area contributed by atoms with Gasteiger partial charge in [0.15, 0.2) is 0 Å². The topological polar surface area (TPSA) is 55.8 Å². The van der Waals surface area contributed by atoms with E-state index in [9.17, 15) is 18.4 Å². The molecule has 1 amide bonds. The summed E-state index contributed by atoms with van der Waals surface area (Å²) in [6.07, 6.45) is -0.388. The van der Waals surface area contributed by atoms with Crippen LogP contribution in [-0.2, 0) is 14.3 Å². The number of hydrogen-bond donors (Lipinski definition) is 0. The maximum Gasteiger partial charge on any atom is 0.411 e. The van der Waals surface area contributed by atoms with Crippen LogP contribution >= 0.6 is 0 Å². The monoisotopic (exact) mass is 291 g/mol. The van der Waals surface area contributed by atoms with Crippen molar-refractivity contribution in [1.29, 1.82) is 0 Å². The summed E-state index contributed by atoms with van der Waals surface area (Å²) in [5, 5.41) is 0. The zero-order chi connectivity index (χ0) is 15.6. The van der Waals surface area contributed by atoms with E-state index in [2.05, 4.69) is 6.58 Å². The molecule has 0 N–H and O–H groups in total. The third kappa shape index (κ3) is 4.47. The number of halogens is 2. The van der Waals surface area contributed by atoms with Gasteiger partial charge in [0, 0.05) is 6.42 Å². The van der Waals surface area contributed by atoms with Crippen LogP contribution in [0.5, 0.6) is 0 Å². The standard InChI is InChI=1S/C13H19F2NO4/c1-5-6-19-10(17)9-7-13(14,15)8-16(9)11(18)20-12(2,3)4/h5,9H,1,6-8H2,2-4H3. The zero-order valence-electron chi connectivity index (χ0n) is 11.8. The van der Waals surface area contributed by atoms with Gasteiger partial charge in [-0.25, -0.2) is 18.4 Å². The van der Waals surface area contributed by atoms with Crippen LogP contribution in [0.3, 0.4) is 0 Å². The van der Waals surface area contributed by atoms with Crippen LogP contribution < -0.4 is 0 Å². The molecule has 5 nitrogen and oxygen atoms in total. The first-order chi connectivity index (χ1) is 9.06. The number of esters is 1. The number of nitrogens with zero attached hydrogens (tertiary/aromatic N) is 1. The third-order valence-electron chi connectivity index (χ3n) is 2.51. The predicted molar refractivity (Wildman–Crippen MR) is 67.4 cm³/mol. The number of hydrogen-bond acceptors (Lipinski definition) is 4. The van der Waals surface area contributed by atoms with Crippen molar-refractivity contribution in [2.24, 2.45) is 0 Å². The van der Waals surface area contributed by atoms with Gasteiger partial charge in [0.25, 0.3) is 5.92 Å². The Morgan fingerprint density at radius 3 is 2.55 bits per heavy atom. The normalized spacial score (nSPS) is 21.4. The molecule has 20 heavy (non-hydrogen) atoms. The summed E-state index contributed by atoms with van der Waals surface area (Å²) in [5.74, 6) is -4.01. The van der Waals surface area contributed by atoms with Crippen LogP contribution in [0.4, 0.5) is 13.6 Å². The second-order valence-corrected chi connectivity index (χ2v) is 5.60. The van der Waals surface area contributed by atoms with E-state index in [1.165, 1.54) is 6.08 Å². The minimum absolute atomic E-state index is 0.0942. The van der Waals surface area contributed by atoms with E-state index >= 15 is 0 Å². The number of carbonyl (C=O) groups excluding carboxylic acids is 2. The van der Waals surface area contributed by atoms with Gasteiger partial charge in [-0.15, -0.1) is 0 Å². The molecule has 114 valence electrons. The van der Waals surface area contributed by atoms with Gasteiger partial charge in [0.2, 0.25) is 0 Å². The first kappa shape index (κ1) is 16.4. The molecule has 0 aromatic carbocycles. The second-order valence-electron chi connectivity index (χ2n) is 5.60. The van der Waals surface area contributed by atoms with E-state index in [1.807, 2.05) is 0 Å². The van der Waals surface area contributed by atoms with Gasteiger partial charge in [-0.2, -0.15) is 0 Å². The smallest absolute Gasteiger partial charge is 0.411 e. The summed E-state index contributed by atoms with van der Waals surface area (Å²) in [6, 6.07) is -1.33. The molecule has 0 spiro atoms. The summed E-state index contributed by atoms with van der Waals surface area (Å²) in [6.45, 7) is 7.26. The molecule has 0 saturated carbocycles. The van der Waals surface area contributed by atoms with Crippen LogP contribution in [0.1, 0.15) is 27.2 Å². The van der Waals surface area contributed by atoms with Crippen LogP contribution in [0.25, 0.3) is 0 Å². The highest BCUT2D eigenvalue weighted by Gasteiger charge is 2.51. The molecule has 0 aliphatic carbocycles. The Morgan fingerprint density at radius 2 is 2.05 bits per heavy atom. The minimum Gasteiger partial charge on any atom is -0.460 e. The predicted octanol–water partition coefficient (Wildman–Crippen LogP) is 2.36. The third-order valence-corrected chi connectivity index (χ3v) is 2.51. The quantitative estimate of drug-likeness (QED) is 0.591. The Balaban J connectivity index is 2.82. The molecule has 1 aliphatic rings. The van der Waals surface area contributed by atoms with E-state index in [-0.39, 0.29) is 6.61 Å². The highest BCUT2D eigenvalue weighted by atomic mass is 19.3. The van der Waals surface area contributed by atoms with E-state index in [0.29, 0.717) is 0 Å². The molecule has 1 rings (SSSR count). The van der Waals surface area contributed by atoms with Crippen molar-refractivity contribution in [2.45, 2.75) is 44.8 Å². The molecule has 0 aromatic heterocycles. The van der Waals surface area contributed by atoms with Gasteiger partial charge in [0.05, 0.1) is 6.54 Å². The lowest BCUT2D eigenvalue weighted by atomic mass is 10.2. The number of ether oxygens (including phenoxy) is 2. The molecule has 1 heterocycles. The Kier molecular flexibility index (Phi) is 4.73. The highest BCUT2D eigenvalue weighted by Crippen LogP contribution is 2.33. The summed E-state index contributed by atoms with van der Waals surface area (Å²) in [5.41, 5.74) is -0.829. The van der Waals surface area contributed by atoms with Crippen molar-refractivity contribution < 1.29 is 27.8 Å². The molecular formula is C13H19F2NO4. The van der Waals surface area contributed by atoms with Crippen LogP contribution in [0.2, 0.25) is 0 Å². The van der Waals surface area contributed by atoms with Crippen LogP contribution in [0.15, 0.2) is 12.7 Å². The van der Waals surface area contributed by atoms with Gasteiger partial charge < -0.3 is 9.47 Å². The molecule has 0 bridgehead atoms. The van der Waals surface area contributed by atoms with Crippen molar-refractivity contribution in [2.75, 3.05) is 13.2 Å². The van der Waals surface area contributed by atoms with Gasteiger partial charge >= 0.3 is 12.1 Å². The number of amides is 1. The van der Waals surface area contributed by atoms with Crippen molar-refractivity contribution in [1.82, 2.24) is 4.90 Å². The van der Waals surface area contributed by atoms with E-state index < -0.39 is 42.6 Å². The lowest BCUT2D eigenvalue weighted by Gasteiger charge is -2.27. The average Bonchev–Trinajstić information content (AvgIpc) is 2.60. The summed E-state index contributed by atoms with van der Waals surface area (Å²) in [7, 11) is 0. The van der Waals surface area contributed by atoms with E-state index in [0.717, 1.165) is 4.90 Å². The lowest BCUT2D eigenvalue weighted by Crippen LogP contribution is -2.44. The summed E-state index contributed by atoms with van der Waals surface area (Å²) in [4.78, 5) is 24.3. The van der Waals surface area contributed by atoms with Crippen molar-refractivity contribution in [3.8, 4) is 0 Å². The fourth-order valence-corrected chi connectivity index (χ4v) is 1.78. The number of rotatable bonds is 3. The maximum atomic E-state index is 13.4. The Hall–Kier alpha value is -1.66. The SMILES string of the molecule is C=CCOC(=O)C1CC(F)(F)CN1C(=O)OC(C)(C)C. The number of carbonyl (C=O) groups is 2. The summed E-state index contributed by atoms with van der Waals surface area (Å²) >= 11 is 0. The van der Waals surface area contributed by atoms with Gasteiger partial charge in [-0.3, -0.25) is 4.90 Å². The van der Waals surface area contributed by atoms with Gasteiger partial charge in [-0.1, -0.05) is 12.7 Å². The number of alkyl halides is 2. The maximum absolute atomic E-state index is 13.4. The second kappa shape index (κ2) is 5.76.